The monoisotopic (exact) mass is 313 g/mol. The van der Waals surface area contributed by atoms with E-state index in [1.807, 2.05) is 0 Å². The molecule has 1 aromatic heterocycles. The van der Waals surface area contributed by atoms with E-state index in [9.17, 15) is 14.4 Å². The molecule has 0 saturated carbocycles. The van der Waals surface area contributed by atoms with Gasteiger partial charge in [0.15, 0.2) is 0 Å². The molecule has 0 bridgehead atoms. The van der Waals surface area contributed by atoms with Crippen molar-refractivity contribution in [1.82, 2.24) is 15.5 Å². The van der Waals surface area contributed by atoms with Gasteiger partial charge in [-0.3, -0.25) is 14.9 Å². The van der Waals surface area contributed by atoms with Gasteiger partial charge in [-0.25, -0.2) is 4.79 Å². The number of imide groups is 1. The van der Waals surface area contributed by atoms with E-state index < -0.39 is 11.6 Å². The number of halogens is 1. The summed E-state index contributed by atoms with van der Waals surface area (Å²) in [5.41, 5.74) is -0.980. The molecule has 6 nitrogen and oxygen atoms in total. The molecule has 1 aromatic rings. The number of piperidine rings is 1. The molecule has 3 rings (SSSR count). The van der Waals surface area contributed by atoms with Crippen molar-refractivity contribution >= 4 is 40.8 Å². The van der Waals surface area contributed by atoms with Crippen molar-refractivity contribution in [2.45, 2.75) is 18.4 Å². The van der Waals surface area contributed by atoms with Crippen LogP contribution in [-0.2, 0) is 4.79 Å². The average Bonchev–Trinajstić information content (AvgIpc) is 2.94. The lowest BCUT2D eigenvalue weighted by Crippen LogP contribution is -2.59. The van der Waals surface area contributed by atoms with Gasteiger partial charge >= 0.3 is 6.03 Å². The first-order valence-electron chi connectivity index (χ1n) is 6.18. The second kappa shape index (κ2) is 4.75. The van der Waals surface area contributed by atoms with E-state index in [-0.39, 0.29) is 18.4 Å². The van der Waals surface area contributed by atoms with Crippen molar-refractivity contribution in [2.24, 2.45) is 0 Å². The van der Waals surface area contributed by atoms with E-state index in [1.165, 1.54) is 11.3 Å². The highest BCUT2D eigenvalue weighted by Crippen LogP contribution is 2.28. The Morgan fingerprint density at radius 3 is 2.80 bits per heavy atom. The molecule has 20 heavy (non-hydrogen) atoms. The second-order valence-corrected chi connectivity index (χ2v) is 6.64. The molecule has 106 valence electrons. The number of thiophene rings is 1. The highest BCUT2D eigenvalue weighted by Gasteiger charge is 2.49. The third-order valence-electron chi connectivity index (χ3n) is 3.58. The molecule has 2 N–H and O–H groups in total. The van der Waals surface area contributed by atoms with Crippen LogP contribution in [0.3, 0.4) is 0 Å². The topological polar surface area (TPSA) is 78.5 Å². The number of urea groups is 1. The van der Waals surface area contributed by atoms with Crippen molar-refractivity contribution < 1.29 is 14.4 Å². The second-order valence-electron chi connectivity index (χ2n) is 4.92. The Morgan fingerprint density at radius 1 is 1.40 bits per heavy atom. The van der Waals surface area contributed by atoms with Crippen molar-refractivity contribution in [3.8, 4) is 0 Å². The molecule has 2 saturated heterocycles. The maximum Gasteiger partial charge on any atom is 0.322 e. The Balaban J connectivity index is 1.80. The minimum atomic E-state index is -0.980. The normalized spacial score (nSPS) is 25.8. The maximum atomic E-state index is 12.4. The van der Waals surface area contributed by atoms with Crippen molar-refractivity contribution in [2.75, 3.05) is 13.1 Å². The predicted octanol–water partition coefficient (Wildman–Crippen LogP) is 1.22. The molecule has 1 spiro atoms. The summed E-state index contributed by atoms with van der Waals surface area (Å²) in [6, 6.07) is 2.84. The minimum Gasteiger partial charge on any atom is -0.335 e. The van der Waals surface area contributed by atoms with Crippen LogP contribution in [0.15, 0.2) is 12.1 Å². The first kappa shape index (κ1) is 13.4. The van der Waals surface area contributed by atoms with Gasteiger partial charge in [-0.05, 0) is 25.0 Å². The lowest BCUT2D eigenvalue weighted by atomic mass is 9.89. The fourth-order valence-electron chi connectivity index (χ4n) is 2.63. The molecule has 0 radical (unpaired) electrons. The lowest BCUT2D eigenvalue weighted by Gasteiger charge is -2.37. The summed E-state index contributed by atoms with van der Waals surface area (Å²) in [7, 11) is 0. The van der Waals surface area contributed by atoms with Gasteiger partial charge in [0.25, 0.3) is 11.8 Å². The first-order valence-corrected chi connectivity index (χ1v) is 7.38. The molecule has 4 amide bonds. The molecular formula is C12H12ClN3O3S. The van der Waals surface area contributed by atoms with Gasteiger partial charge in [0.1, 0.15) is 5.54 Å². The van der Waals surface area contributed by atoms with Crippen LogP contribution in [0.25, 0.3) is 0 Å². The number of nitrogens with one attached hydrogen (secondary N) is 2. The van der Waals surface area contributed by atoms with E-state index in [0.717, 1.165) is 0 Å². The summed E-state index contributed by atoms with van der Waals surface area (Å²) in [5.74, 6) is -0.515. The van der Waals surface area contributed by atoms with E-state index in [2.05, 4.69) is 10.6 Å². The SMILES string of the molecule is O=C1NC(=O)C2(CCCN(C(=O)c3ccc(Cl)s3)C2)N1. The highest BCUT2D eigenvalue weighted by molar-refractivity contribution is 7.17. The van der Waals surface area contributed by atoms with Crippen LogP contribution in [0.5, 0.6) is 0 Å². The van der Waals surface area contributed by atoms with Gasteiger partial charge in [-0.2, -0.15) is 0 Å². The first-order chi connectivity index (χ1) is 9.50. The molecule has 1 unspecified atom stereocenters. The molecule has 2 aliphatic heterocycles. The number of hydrogen-bond acceptors (Lipinski definition) is 4. The number of amides is 4. The Morgan fingerprint density at radius 2 is 2.20 bits per heavy atom. The van der Waals surface area contributed by atoms with Crippen molar-refractivity contribution in [1.29, 1.82) is 0 Å². The van der Waals surface area contributed by atoms with Gasteiger partial charge in [-0.1, -0.05) is 11.6 Å². The van der Waals surface area contributed by atoms with Crippen molar-refractivity contribution in [3.63, 3.8) is 0 Å². The Labute approximate surface area is 124 Å². The zero-order valence-corrected chi connectivity index (χ0v) is 12.0. The van der Waals surface area contributed by atoms with Gasteiger partial charge in [0.2, 0.25) is 0 Å². The van der Waals surface area contributed by atoms with E-state index >= 15 is 0 Å². The highest BCUT2D eigenvalue weighted by atomic mass is 35.5. The summed E-state index contributed by atoms with van der Waals surface area (Å²) in [6.45, 7) is 0.762. The van der Waals surface area contributed by atoms with Gasteiger partial charge in [-0.15, -0.1) is 11.3 Å². The molecule has 1 atom stereocenters. The molecule has 0 aliphatic carbocycles. The Bertz CT molecular complexity index is 603. The van der Waals surface area contributed by atoms with Gasteiger partial charge in [0, 0.05) is 6.54 Å². The summed E-state index contributed by atoms with van der Waals surface area (Å²) >= 11 is 7.04. The third-order valence-corrected chi connectivity index (χ3v) is 4.80. The van der Waals surface area contributed by atoms with Crippen LogP contribution in [0.2, 0.25) is 4.34 Å². The minimum absolute atomic E-state index is 0.157. The Hall–Kier alpha value is -1.60. The number of likely N-dealkylation sites (tertiary alicyclic amines) is 1. The van der Waals surface area contributed by atoms with E-state index in [0.29, 0.717) is 28.6 Å². The van der Waals surface area contributed by atoms with Crippen LogP contribution >= 0.6 is 22.9 Å². The molecule has 3 heterocycles. The quantitative estimate of drug-likeness (QED) is 0.765. The average molecular weight is 314 g/mol. The molecule has 0 aromatic carbocycles. The van der Waals surface area contributed by atoms with Crippen LogP contribution in [0.1, 0.15) is 22.5 Å². The molecule has 2 fully saturated rings. The van der Waals surface area contributed by atoms with E-state index in [1.54, 1.807) is 17.0 Å². The number of carbonyl (C=O) groups is 3. The summed E-state index contributed by atoms with van der Waals surface area (Å²) < 4.78 is 0.548. The Kier molecular flexibility index (Phi) is 3.18. The largest absolute Gasteiger partial charge is 0.335 e. The zero-order chi connectivity index (χ0) is 14.3. The molecule has 8 heteroatoms. The zero-order valence-electron chi connectivity index (χ0n) is 10.4. The predicted molar refractivity (Wildman–Crippen MR) is 73.9 cm³/mol. The lowest BCUT2D eigenvalue weighted by molar-refractivity contribution is -0.125. The third kappa shape index (κ3) is 2.16. The van der Waals surface area contributed by atoms with Crippen LogP contribution in [0.4, 0.5) is 4.79 Å². The smallest absolute Gasteiger partial charge is 0.322 e. The fourth-order valence-corrected chi connectivity index (χ4v) is 3.64. The van der Waals surface area contributed by atoms with Crippen LogP contribution in [-0.4, -0.2) is 41.4 Å². The number of hydrogen-bond donors (Lipinski definition) is 2. The number of rotatable bonds is 1. The van der Waals surface area contributed by atoms with E-state index in [4.69, 9.17) is 11.6 Å². The van der Waals surface area contributed by atoms with Crippen LogP contribution in [0, 0.1) is 0 Å². The fraction of sp³-hybridized carbons (Fsp3) is 0.417. The summed E-state index contributed by atoms with van der Waals surface area (Å²) in [4.78, 5) is 37.7. The number of carbonyl (C=O) groups excluding carboxylic acids is 3. The standard InChI is InChI=1S/C12H12ClN3O3S/c13-8-3-2-7(20-8)9(17)16-5-1-4-12(6-16)10(18)14-11(19)15-12/h2-3H,1,4-6H2,(H2,14,15,18,19). The summed E-state index contributed by atoms with van der Waals surface area (Å²) in [6.07, 6.45) is 1.21. The number of nitrogens with zero attached hydrogens (tertiary/aromatic N) is 1. The maximum absolute atomic E-state index is 12.4. The molecular weight excluding hydrogens is 302 g/mol. The van der Waals surface area contributed by atoms with Crippen molar-refractivity contribution in [3.05, 3.63) is 21.3 Å². The van der Waals surface area contributed by atoms with Gasteiger partial charge < -0.3 is 10.2 Å². The van der Waals surface area contributed by atoms with Gasteiger partial charge in [0.05, 0.1) is 15.8 Å². The molecule has 2 aliphatic rings. The summed E-state index contributed by atoms with van der Waals surface area (Å²) in [5, 5.41) is 4.88. The van der Waals surface area contributed by atoms with Crippen LogP contribution < -0.4 is 10.6 Å².